The maximum Gasteiger partial charge on any atom is 0.117 e. The molecule has 0 spiro atoms. The fraction of sp³-hybridized carbons (Fsp3) is 0.579. The highest BCUT2D eigenvalue weighted by molar-refractivity contribution is 5.41. The van der Waals surface area contributed by atoms with E-state index in [2.05, 4.69) is 23.5 Å². The molecule has 4 atom stereocenters. The minimum Gasteiger partial charge on any atom is -0.497 e. The molecule has 2 aliphatic carbocycles. The molecular weight excluding hydrogens is 306 g/mol. The smallest absolute Gasteiger partial charge is 0.117 e. The van der Waals surface area contributed by atoms with Crippen LogP contribution in [0, 0.1) is 5.92 Å². The zero-order chi connectivity index (χ0) is 16.6. The van der Waals surface area contributed by atoms with Crippen molar-refractivity contribution in [1.29, 1.82) is 0 Å². The van der Waals surface area contributed by atoms with E-state index < -0.39 is 0 Å². The third kappa shape index (κ3) is 2.81. The number of furan rings is 1. The summed E-state index contributed by atoms with van der Waals surface area (Å²) in [6, 6.07) is 2.05. The van der Waals surface area contributed by atoms with E-state index in [-0.39, 0.29) is 13.1 Å². The van der Waals surface area contributed by atoms with Gasteiger partial charge < -0.3 is 23.9 Å². The summed E-state index contributed by atoms with van der Waals surface area (Å²) in [5.41, 5.74) is 2.33. The fourth-order valence-corrected chi connectivity index (χ4v) is 4.05. The number of piperidine rings is 1. The van der Waals surface area contributed by atoms with Crippen LogP contribution in [-0.4, -0.2) is 45.6 Å². The number of allylic oxidation sites excluding steroid dienone is 1. The van der Waals surface area contributed by atoms with Gasteiger partial charge in [0.25, 0.3) is 0 Å². The lowest BCUT2D eigenvalue weighted by Crippen LogP contribution is -2.41. The molecule has 132 valence electrons. The summed E-state index contributed by atoms with van der Waals surface area (Å²) >= 11 is 0. The normalized spacial score (nSPS) is 35.0. The quantitative estimate of drug-likeness (QED) is 0.867. The zero-order valence-corrected chi connectivity index (χ0v) is 14.3. The Morgan fingerprint density at radius 2 is 2.33 bits per heavy atom. The van der Waals surface area contributed by atoms with Gasteiger partial charge in [0.2, 0.25) is 0 Å². The molecule has 1 saturated heterocycles. The second-order valence-corrected chi connectivity index (χ2v) is 6.89. The van der Waals surface area contributed by atoms with E-state index in [1.807, 2.05) is 6.26 Å². The molecule has 2 heterocycles. The summed E-state index contributed by atoms with van der Waals surface area (Å²) in [6.45, 7) is 2.51. The van der Waals surface area contributed by atoms with E-state index in [1.165, 1.54) is 11.1 Å². The van der Waals surface area contributed by atoms with E-state index >= 15 is 0 Å². The van der Waals surface area contributed by atoms with Crippen LogP contribution < -0.4 is 5.32 Å². The molecule has 4 rings (SSSR count). The maximum atomic E-state index is 6.33. The van der Waals surface area contributed by atoms with E-state index in [1.54, 1.807) is 20.5 Å². The molecule has 1 aliphatic heterocycles. The molecule has 3 aliphatic rings. The highest BCUT2D eigenvalue weighted by atomic mass is 16.5. The van der Waals surface area contributed by atoms with Gasteiger partial charge >= 0.3 is 0 Å². The van der Waals surface area contributed by atoms with Gasteiger partial charge in [0.05, 0.1) is 37.9 Å². The van der Waals surface area contributed by atoms with Gasteiger partial charge in [-0.15, -0.1) is 0 Å². The van der Waals surface area contributed by atoms with E-state index in [0.717, 1.165) is 31.7 Å². The van der Waals surface area contributed by atoms with Crippen molar-refractivity contribution in [3.05, 3.63) is 47.6 Å². The predicted molar refractivity (Wildman–Crippen MR) is 91.8 cm³/mol. The van der Waals surface area contributed by atoms with Crippen molar-refractivity contribution in [1.82, 2.24) is 5.32 Å². The number of ether oxygens (including phenoxy) is 3. The Bertz CT molecular complexity index is 642. The second-order valence-electron chi connectivity index (χ2n) is 6.89. The molecule has 0 radical (unpaired) electrons. The third-order valence-corrected chi connectivity index (χ3v) is 5.59. The molecule has 2 fully saturated rings. The number of rotatable bonds is 6. The van der Waals surface area contributed by atoms with Crippen molar-refractivity contribution < 1.29 is 20.1 Å². The zero-order valence-electron chi connectivity index (χ0n) is 14.3. The van der Waals surface area contributed by atoms with Crippen molar-refractivity contribution in [3.8, 4) is 0 Å². The Morgan fingerprint density at radius 3 is 3.08 bits per heavy atom. The largest absolute Gasteiger partial charge is 0.497 e. The van der Waals surface area contributed by atoms with Crippen LogP contribution in [0.3, 0.4) is 0 Å². The lowest BCUT2D eigenvalue weighted by atomic mass is 9.89. The molecule has 0 bridgehead atoms. The topological polar surface area (TPSA) is 52.9 Å². The van der Waals surface area contributed by atoms with Crippen LogP contribution in [0.2, 0.25) is 0 Å². The highest BCUT2D eigenvalue weighted by Gasteiger charge is 2.57. The van der Waals surface area contributed by atoms with Crippen LogP contribution >= 0.6 is 0 Å². The van der Waals surface area contributed by atoms with Gasteiger partial charge in [-0.05, 0) is 48.7 Å². The van der Waals surface area contributed by atoms with Gasteiger partial charge in [-0.1, -0.05) is 0 Å². The molecular formula is C19H27NO4. The first kappa shape index (κ1) is 15.9. The first-order valence-electron chi connectivity index (χ1n) is 8.62. The second kappa shape index (κ2) is 6.39. The predicted octanol–water partition coefficient (Wildman–Crippen LogP) is 2.86. The molecule has 0 amide bonds. The minimum absolute atomic E-state index is 0. The average Bonchev–Trinajstić information content (AvgIpc) is 3.12. The van der Waals surface area contributed by atoms with Crippen LogP contribution in [0.25, 0.3) is 0 Å². The summed E-state index contributed by atoms with van der Waals surface area (Å²) in [4.78, 5) is 0. The molecule has 24 heavy (non-hydrogen) atoms. The van der Waals surface area contributed by atoms with Crippen LogP contribution in [0.1, 0.15) is 25.7 Å². The van der Waals surface area contributed by atoms with Gasteiger partial charge in [0.1, 0.15) is 5.76 Å². The minimum atomic E-state index is -0.173. The van der Waals surface area contributed by atoms with Crippen LogP contribution in [0.4, 0.5) is 0 Å². The SMILES string of the molecule is COC1=CC2(OC)CC2C(CO[C@H]2CNCC[C@@H]2c2ccoc2)=C1.[HH]. The molecule has 1 aromatic rings. The van der Waals surface area contributed by atoms with Crippen molar-refractivity contribution in [2.75, 3.05) is 33.9 Å². The molecule has 1 saturated carbocycles. The number of hydrogen-bond donors (Lipinski definition) is 1. The van der Waals surface area contributed by atoms with Crippen molar-refractivity contribution >= 4 is 0 Å². The number of hydrogen-bond acceptors (Lipinski definition) is 5. The Kier molecular flexibility index (Phi) is 4.24. The van der Waals surface area contributed by atoms with E-state index in [4.69, 9.17) is 18.6 Å². The maximum absolute atomic E-state index is 6.33. The fourth-order valence-electron chi connectivity index (χ4n) is 4.05. The summed E-state index contributed by atoms with van der Waals surface area (Å²) in [5.74, 6) is 1.68. The van der Waals surface area contributed by atoms with Crippen molar-refractivity contribution in [2.45, 2.75) is 30.5 Å². The summed E-state index contributed by atoms with van der Waals surface area (Å²) in [7, 11) is 3.47. The van der Waals surface area contributed by atoms with Crippen molar-refractivity contribution in [2.24, 2.45) is 5.92 Å². The number of nitrogens with one attached hydrogen (secondary N) is 1. The Morgan fingerprint density at radius 1 is 1.42 bits per heavy atom. The summed E-state index contributed by atoms with van der Waals surface area (Å²) < 4.78 is 22.7. The summed E-state index contributed by atoms with van der Waals surface area (Å²) in [6.07, 6.45) is 10.0. The van der Waals surface area contributed by atoms with Crippen LogP contribution in [0.5, 0.6) is 0 Å². The first-order valence-corrected chi connectivity index (χ1v) is 8.62. The van der Waals surface area contributed by atoms with Gasteiger partial charge in [-0.25, -0.2) is 0 Å². The first-order chi connectivity index (χ1) is 11.8. The lowest BCUT2D eigenvalue weighted by Gasteiger charge is -2.32. The molecule has 5 nitrogen and oxygen atoms in total. The average molecular weight is 333 g/mol. The Balaban J connectivity index is 0.00000182. The van der Waals surface area contributed by atoms with Crippen molar-refractivity contribution in [3.63, 3.8) is 0 Å². The third-order valence-electron chi connectivity index (χ3n) is 5.59. The highest BCUT2D eigenvalue weighted by Crippen LogP contribution is 2.55. The lowest BCUT2D eigenvalue weighted by molar-refractivity contribution is 0.0303. The van der Waals surface area contributed by atoms with Gasteiger partial charge in [0.15, 0.2) is 0 Å². The molecule has 5 heteroatoms. The number of methoxy groups -OCH3 is 2. The monoisotopic (exact) mass is 333 g/mol. The number of fused-ring (bicyclic) bond motifs is 1. The van der Waals surface area contributed by atoms with E-state index in [0.29, 0.717) is 18.4 Å². The summed E-state index contributed by atoms with van der Waals surface area (Å²) in [5, 5.41) is 3.44. The molecule has 0 aromatic carbocycles. The standard InChI is InChI=1S/C19H25NO4.H2/c1-21-15-7-14(17-9-19(17,8-15)22-2)12-24-18-10-20-5-3-16(18)13-4-6-23-11-13;/h4,6-8,11,16-18,20H,3,5,9-10,12H2,1-2H3;1H/t16-,17?,18+,19?;/m1./s1. The molecule has 1 N–H and O–H groups in total. The van der Waals surface area contributed by atoms with E-state index in [9.17, 15) is 0 Å². The Labute approximate surface area is 144 Å². The van der Waals surface area contributed by atoms with Crippen LogP contribution in [-0.2, 0) is 14.2 Å². The van der Waals surface area contributed by atoms with Gasteiger partial charge in [-0.3, -0.25) is 0 Å². The Hall–Kier alpha value is -1.56. The van der Waals surface area contributed by atoms with Gasteiger partial charge in [-0.2, -0.15) is 0 Å². The molecule has 1 aromatic heterocycles. The van der Waals surface area contributed by atoms with Gasteiger partial charge in [0, 0.05) is 26.9 Å². The molecule has 2 unspecified atom stereocenters. The van der Waals surface area contributed by atoms with Crippen LogP contribution in [0.15, 0.2) is 46.5 Å².